The average molecular weight is 839 g/mol. The molecule has 2 aromatic rings. The van der Waals surface area contributed by atoms with Crippen molar-refractivity contribution in [2.75, 3.05) is 36.6 Å². The molecule has 2 heterocycles. The highest BCUT2D eigenvalue weighted by atomic mass is 32.2. The monoisotopic (exact) mass is 838 g/mol. The van der Waals surface area contributed by atoms with Crippen molar-refractivity contribution in [3.05, 3.63) is 83.6 Å². The van der Waals surface area contributed by atoms with Crippen molar-refractivity contribution in [2.45, 2.75) is 54.2 Å². The Kier molecular flexibility index (Phi) is 12.7. The lowest BCUT2D eigenvalue weighted by Gasteiger charge is -2.27. The molecule has 0 fully saturated rings. The van der Waals surface area contributed by atoms with Gasteiger partial charge in [0.2, 0.25) is 0 Å². The number of nitrogens with zero attached hydrogens (tertiary/aromatic N) is 1. The van der Waals surface area contributed by atoms with E-state index in [0.29, 0.717) is 33.9 Å². The van der Waals surface area contributed by atoms with Crippen molar-refractivity contribution in [1.29, 1.82) is 0 Å². The summed E-state index contributed by atoms with van der Waals surface area (Å²) in [6.07, 6.45) is 7.16. The molecule has 6 N–H and O–H groups in total. The molecule has 0 amide bonds. The second kappa shape index (κ2) is 15.7. The number of fused-ring (bicyclic) bond motifs is 2. The van der Waals surface area contributed by atoms with Crippen LogP contribution in [0.15, 0.2) is 87.3 Å². The molecule has 0 radical (unpaired) electrons. The summed E-state index contributed by atoms with van der Waals surface area (Å²) in [6.45, 7) is 4.20. The van der Waals surface area contributed by atoms with E-state index in [-0.39, 0.29) is 30.5 Å². The molecule has 53 heavy (non-hydrogen) atoms. The van der Waals surface area contributed by atoms with Gasteiger partial charge in [-0.3, -0.25) is 27.8 Å². The molecule has 22 heteroatoms. The molecule has 292 valence electrons. The maximum atomic E-state index is 12.8. The van der Waals surface area contributed by atoms with Crippen LogP contribution >= 0.6 is 15.2 Å². The highest BCUT2D eigenvalue weighted by Gasteiger charge is 2.42. The number of aliphatic imine (C=N–C) groups is 1. The van der Waals surface area contributed by atoms with Crippen LogP contribution in [0, 0.1) is 0 Å². The van der Waals surface area contributed by atoms with Gasteiger partial charge >= 0.3 is 15.2 Å². The van der Waals surface area contributed by atoms with Crippen LogP contribution in [0.2, 0.25) is 0 Å². The Hall–Kier alpha value is -2.84. The maximum absolute atomic E-state index is 12.8. The smallest absolute Gasteiger partial charge is 0.328 e. The molecule has 0 aliphatic carbocycles. The lowest BCUT2D eigenvalue weighted by molar-refractivity contribution is 0.269. The first-order valence-corrected chi connectivity index (χ1v) is 23.8. The zero-order valence-electron chi connectivity index (χ0n) is 28.7. The van der Waals surface area contributed by atoms with E-state index in [9.17, 15) is 53.3 Å². The second-order valence-corrected chi connectivity index (χ2v) is 21.1. The van der Waals surface area contributed by atoms with Crippen molar-refractivity contribution in [3.8, 4) is 0 Å². The molecular weight excluding hydrogens is 798 g/mol. The lowest BCUT2D eigenvalue weighted by Crippen LogP contribution is -2.30. The Balaban J connectivity index is 1.64. The van der Waals surface area contributed by atoms with Crippen LogP contribution in [0.4, 0.5) is 11.4 Å². The Bertz CT molecular complexity index is 2320. The number of allylic oxidation sites excluding steroid dienone is 6. The van der Waals surface area contributed by atoms with Gasteiger partial charge in [0.15, 0.2) is 0 Å². The van der Waals surface area contributed by atoms with E-state index in [1.54, 1.807) is 51.2 Å². The molecule has 2 aromatic carbocycles. The second-order valence-electron chi connectivity index (χ2n) is 12.7. The zero-order chi connectivity index (χ0) is 39.7. The highest BCUT2D eigenvalue weighted by Crippen LogP contribution is 2.52. The van der Waals surface area contributed by atoms with Crippen LogP contribution in [0.3, 0.4) is 0 Å². The molecule has 17 nitrogen and oxygen atoms in total. The van der Waals surface area contributed by atoms with Crippen molar-refractivity contribution >= 4 is 62.6 Å². The first-order chi connectivity index (χ1) is 24.3. The predicted molar refractivity (Wildman–Crippen MR) is 197 cm³/mol. The quantitative estimate of drug-likeness (QED) is 0.0695. The summed E-state index contributed by atoms with van der Waals surface area (Å²) in [5.41, 5.74) is 0.244. The van der Waals surface area contributed by atoms with Gasteiger partial charge in [0.25, 0.3) is 30.4 Å². The number of nitrogens with one attached hydrogen (secondary N) is 1. The third-order valence-corrected chi connectivity index (χ3v) is 14.1. The van der Waals surface area contributed by atoms with Crippen LogP contribution in [0.1, 0.15) is 44.7 Å². The zero-order valence-corrected chi connectivity index (χ0v) is 32.9. The van der Waals surface area contributed by atoms with Crippen LogP contribution in [0.25, 0.3) is 0 Å². The van der Waals surface area contributed by atoms with Crippen LogP contribution in [-0.2, 0) is 59.4 Å². The number of hydrogen-bond acceptors (Lipinski definition) is 12. The molecule has 0 bridgehead atoms. The van der Waals surface area contributed by atoms with E-state index in [1.165, 1.54) is 30.3 Å². The van der Waals surface area contributed by atoms with E-state index in [2.05, 4.69) is 10.3 Å². The Morgan fingerprint density at radius 2 is 1.36 bits per heavy atom. The lowest BCUT2D eigenvalue weighted by atomic mass is 9.77. The minimum Gasteiger partial charge on any atom is -0.358 e. The molecule has 4 unspecified atom stereocenters. The van der Waals surface area contributed by atoms with E-state index in [0.717, 1.165) is 6.07 Å². The largest absolute Gasteiger partial charge is 0.358 e. The first kappa shape index (κ1) is 42.9. The van der Waals surface area contributed by atoms with Crippen molar-refractivity contribution in [2.24, 2.45) is 4.99 Å². The van der Waals surface area contributed by atoms with Gasteiger partial charge in [0.05, 0.1) is 52.5 Å². The van der Waals surface area contributed by atoms with Gasteiger partial charge in [-0.15, -0.1) is 0 Å². The fraction of sp³-hybridized carbons (Fsp3) is 0.387. The van der Waals surface area contributed by atoms with Gasteiger partial charge in [0.1, 0.15) is 0 Å². The van der Waals surface area contributed by atoms with Gasteiger partial charge in [-0.2, -0.15) is 25.3 Å². The summed E-state index contributed by atoms with van der Waals surface area (Å²) < 4.78 is 133. The minimum atomic E-state index is -4.63. The van der Waals surface area contributed by atoms with Gasteiger partial charge < -0.3 is 24.2 Å². The normalized spacial score (nSPS) is 23.5. The molecule has 2 aliphatic heterocycles. The molecule has 0 spiro atoms. The van der Waals surface area contributed by atoms with Crippen LogP contribution < -0.4 is 5.32 Å². The van der Waals surface area contributed by atoms with Crippen molar-refractivity contribution in [3.63, 3.8) is 0 Å². The average Bonchev–Trinajstić information content (AvgIpc) is 3.47. The summed E-state index contributed by atoms with van der Waals surface area (Å²) in [7, 11) is -22.0. The number of hydrogen-bond donors (Lipinski definition) is 6. The standard InChI is InChI=1S/C31H40N2O15P2S3/c1-4-47-49(34,35)17-14-30(2)24-20-22(52(41,42)43)10-12-26(24)32-28(30)8-6-5-7-9-29-31(3,15-18-50(36,37)48-16-19-51(38,39)40)25-21-23(53(44,45)46)11-13-27(25)33-29/h5-13,20-21,32H,4,14-19H2,1-3H3,(H,34,35)(H,36,37)(H,38,39,40)(H,41,42,43)(H,44,45,46)/b6-5+,9-7+,28-8-. The molecule has 0 aromatic heterocycles. The van der Waals surface area contributed by atoms with Gasteiger partial charge in [-0.1, -0.05) is 18.2 Å². The first-order valence-electron chi connectivity index (χ1n) is 15.8. The fourth-order valence-corrected chi connectivity index (χ4v) is 9.90. The van der Waals surface area contributed by atoms with Crippen molar-refractivity contribution < 1.29 is 66.9 Å². The Morgan fingerprint density at radius 3 is 1.94 bits per heavy atom. The maximum Gasteiger partial charge on any atom is 0.328 e. The summed E-state index contributed by atoms with van der Waals surface area (Å²) in [6, 6.07) is 7.70. The number of rotatable bonds is 17. The van der Waals surface area contributed by atoms with E-state index in [4.69, 9.17) is 13.6 Å². The predicted octanol–water partition coefficient (Wildman–Crippen LogP) is 5.00. The topological polar surface area (TPSA) is 281 Å². The Labute approximate surface area is 307 Å². The summed E-state index contributed by atoms with van der Waals surface area (Å²) in [5.74, 6) is -0.908. The molecule has 2 aliphatic rings. The third-order valence-electron chi connectivity index (χ3n) is 8.91. The summed E-state index contributed by atoms with van der Waals surface area (Å²) in [4.78, 5) is 24.5. The van der Waals surface area contributed by atoms with E-state index in [1.807, 2.05) is 0 Å². The van der Waals surface area contributed by atoms with Gasteiger partial charge in [-0.25, -0.2) is 0 Å². The minimum absolute atomic E-state index is 0.00522. The summed E-state index contributed by atoms with van der Waals surface area (Å²) in [5, 5.41) is 3.19. The fourth-order valence-electron chi connectivity index (χ4n) is 5.97. The van der Waals surface area contributed by atoms with Crippen molar-refractivity contribution in [1.82, 2.24) is 0 Å². The molecule has 4 atom stereocenters. The SMILES string of the molecule is CCOP(=O)(O)CCC1(C)/C(=C/C=C/C=C/C2=Nc3ccc(S(=O)(=O)O)cc3C2(C)CCP(=O)(O)OCCS(=O)(=O)O)Nc2ccc(S(=O)(=O)O)cc21. The number of anilines is 1. The molecule has 4 rings (SSSR count). The number of benzene rings is 2. The van der Waals surface area contributed by atoms with Crippen LogP contribution in [-0.4, -0.2) is 85.7 Å². The van der Waals surface area contributed by atoms with E-state index < -0.39 is 79.8 Å². The van der Waals surface area contributed by atoms with Gasteiger partial charge in [0, 0.05) is 22.2 Å². The molecule has 0 saturated carbocycles. The van der Waals surface area contributed by atoms with Gasteiger partial charge in [-0.05, 0) is 93.3 Å². The highest BCUT2D eigenvalue weighted by molar-refractivity contribution is 7.86. The Morgan fingerprint density at radius 1 is 0.792 bits per heavy atom. The van der Waals surface area contributed by atoms with E-state index >= 15 is 0 Å². The molecule has 0 saturated heterocycles. The summed E-state index contributed by atoms with van der Waals surface area (Å²) >= 11 is 0. The van der Waals surface area contributed by atoms with Crippen LogP contribution in [0.5, 0.6) is 0 Å². The molecular formula is C31H40N2O15P2S3. The third kappa shape index (κ3) is 10.7.